The van der Waals surface area contributed by atoms with Crippen molar-refractivity contribution in [3.05, 3.63) is 0 Å². The summed E-state index contributed by atoms with van der Waals surface area (Å²) in [6, 6.07) is 0. The van der Waals surface area contributed by atoms with Crippen LogP contribution in [0.25, 0.3) is 0 Å². The Morgan fingerprint density at radius 1 is 1.21 bits per heavy atom. The van der Waals surface area contributed by atoms with Crippen LogP contribution in [0.5, 0.6) is 0 Å². The summed E-state index contributed by atoms with van der Waals surface area (Å²) in [5.74, 6) is 1.51. The lowest BCUT2D eigenvalue weighted by Gasteiger charge is -2.53. The topological polar surface area (TPSA) is 72.8 Å². The summed E-state index contributed by atoms with van der Waals surface area (Å²) in [6.07, 6.45) is 11.1. The number of esters is 2. The van der Waals surface area contributed by atoms with Gasteiger partial charge >= 0.3 is 11.9 Å². The smallest absolute Gasteiger partial charge is 0.311 e. The van der Waals surface area contributed by atoms with Gasteiger partial charge in [-0.25, -0.2) is 0 Å². The molecule has 3 aliphatic rings. The fraction of sp³-hybridized carbons (Fsp3) is 0.923. The Morgan fingerprint density at radius 2 is 1.91 bits per heavy atom. The second kappa shape index (κ2) is 11.1. The molecule has 0 radical (unpaired) electrons. The zero-order chi connectivity index (χ0) is 24.4. The van der Waals surface area contributed by atoms with E-state index >= 15 is 0 Å². The first-order chi connectivity index (χ1) is 15.5. The van der Waals surface area contributed by atoms with Crippen molar-refractivity contribution in [2.45, 2.75) is 108 Å². The average Bonchev–Trinajstić information content (AvgIpc) is 2.77. The zero-order valence-electron chi connectivity index (χ0n) is 21.3. The highest BCUT2D eigenvalue weighted by molar-refractivity contribution is 8.17. The molecule has 190 valence electrons. The van der Waals surface area contributed by atoms with Gasteiger partial charge in [-0.05, 0) is 76.2 Å². The van der Waals surface area contributed by atoms with E-state index in [9.17, 15) is 14.7 Å². The van der Waals surface area contributed by atoms with Crippen LogP contribution >= 0.6 is 23.5 Å². The van der Waals surface area contributed by atoms with Crippen LogP contribution in [-0.2, 0) is 19.1 Å². The molecule has 1 heterocycles. The van der Waals surface area contributed by atoms with E-state index < -0.39 is 11.5 Å². The highest BCUT2D eigenvalue weighted by Crippen LogP contribution is 2.57. The van der Waals surface area contributed by atoms with Crippen molar-refractivity contribution in [2.24, 2.45) is 29.1 Å². The molecule has 33 heavy (non-hydrogen) atoms. The van der Waals surface area contributed by atoms with Crippen LogP contribution in [0, 0.1) is 29.1 Å². The molecule has 1 saturated heterocycles. The van der Waals surface area contributed by atoms with Crippen LogP contribution in [0.15, 0.2) is 0 Å². The number of thioether (sulfide) groups is 2. The Balaban J connectivity index is 1.81. The van der Waals surface area contributed by atoms with Gasteiger partial charge in [0, 0.05) is 18.8 Å². The minimum Gasteiger partial charge on any atom is -0.462 e. The van der Waals surface area contributed by atoms with Crippen molar-refractivity contribution >= 4 is 35.5 Å². The van der Waals surface area contributed by atoms with E-state index in [0.717, 1.165) is 32.1 Å². The van der Waals surface area contributed by atoms with Gasteiger partial charge in [0.1, 0.15) is 12.2 Å². The third-order valence-electron chi connectivity index (χ3n) is 8.77. The molecule has 3 fully saturated rings. The number of fused-ring (bicyclic) bond motifs is 1. The molecule has 7 atom stereocenters. The predicted octanol–water partition coefficient (Wildman–Crippen LogP) is 5.68. The number of hydrogen-bond donors (Lipinski definition) is 1. The van der Waals surface area contributed by atoms with Crippen LogP contribution in [0.2, 0.25) is 0 Å². The minimum absolute atomic E-state index is 0.0748. The Labute approximate surface area is 208 Å². The molecule has 0 aromatic carbocycles. The van der Waals surface area contributed by atoms with Gasteiger partial charge in [0.2, 0.25) is 0 Å². The van der Waals surface area contributed by atoms with E-state index in [1.54, 1.807) is 0 Å². The first-order valence-corrected chi connectivity index (χ1v) is 15.2. The van der Waals surface area contributed by atoms with Crippen molar-refractivity contribution in [3.63, 3.8) is 0 Å². The molecular formula is C26H44O5S2. The van der Waals surface area contributed by atoms with Crippen LogP contribution < -0.4 is 0 Å². The molecule has 1 N–H and O–H groups in total. The van der Waals surface area contributed by atoms with Gasteiger partial charge in [0.05, 0.1) is 22.0 Å². The fourth-order valence-corrected chi connectivity index (χ4v) is 8.32. The van der Waals surface area contributed by atoms with Crippen molar-refractivity contribution in [1.82, 2.24) is 0 Å². The zero-order valence-corrected chi connectivity index (χ0v) is 22.9. The van der Waals surface area contributed by atoms with Crippen molar-refractivity contribution in [3.8, 4) is 0 Å². The summed E-state index contributed by atoms with van der Waals surface area (Å²) in [4.78, 5) is 25.0. The number of hydrogen-bond acceptors (Lipinski definition) is 7. The highest BCUT2D eigenvalue weighted by atomic mass is 32.2. The minimum atomic E-state index is -0.587. The lowest BCUT2D eigenvalue weighted by atomic mass is 9.59. The molecule has 1 aliphatic heterocycles. The quantitative estimate of drug-likeness (QED) is 0.340. The van der Waals surface area contributed by atoms with E-state index in [4.69, 9.17) is 9.47 Å². The molecule has 5 nitrogen and oxygen atoms in total. The number of rotatable bonds is 8. The van der Waals surface area contributed by atoms with E-state index in [1.807, 2.05) is 44.3 Å². The van der Waals surface area contributed by atoms with Gasteiger partial charge in [-0.3, -0.25) is 9.59 Å². The van der Waals surface area contributed by atoms with E-state index in [1.165, 1.54) is 12.8 Å². The summed E-state index contributed by atoms with van der Waals surface area (Å²) in [7, 11) is 0. The van der Waals surface area contributed by atoms with Gasteiger partial charge in [0.25, 0.3) is 0 Å². The van der Waals surface area contributed by atoms with Crippen LogP contribution in [0.1, 0.15) is 85.5 Å². The number of carbonyl (C=O) groups excluding carboxylic acids is 2. The summed E-state index contributed by atoms with van der Waals surface area (Å²) in [6.45, 7) is 8.35. The SMILES string of the molecule is CCC(C)(C)C(=O)O[C@H]1CC(SC)(SC)C[C@@H]2CC[C@H](C)[C@H](CC[C@H]3C[C@@H](O)CC(=O)O3)[C@H]21. The second-order valence-corrected chi connectivity index (χ2v) is 13.9. The normalized spacial score (nSPS) is 36.6. The number of cyclic esters (lactones) is 1. The summed E-state index contributed by atoms with van der Waals surface area (Å²) in [5.41, 5.74) is -0.476. The van der Waals surface area contributed by atoms with Gasteiger partial charge in [-0.1, -0.05) is 20.3 Å². The van der Waals surface area contributed by atoms with Gasteiger partial charge < -0.3 is 14.6 Å². The molecule has 0 spiro atoms. The largest absolute Gasteiger partial charge is 0.462 e. The van der Waals surface area contributed by atoms with Crippen LogP contribution in [-0.4, -0.2) is 51.9 Å². The molecule has 2 saturated carbocycles. The van der Waals surface area contributed by atoms with Crippen molar-refractivity contribution < 1.29 is 24.2 Å². The Morgan fingerprint density at radius 3 is 2.52 bits per heavy atom. The predicted molar refractivity (Wildman–Crippen MR) is 136 cm³/mol. The van der Waals surface area contributed by atoms with E-state index in [2.05, 4.69) is 19.4 Å². The van der Waals surface area contributed by atoms with Crippen LogP contribution in [0.3, 0.4) is 0 Å². The highest BCUT2D eigenvalue weighted by Gasteiger charge is 2.52. The molecule has 0 unspecified atom stereocenters. The van der Waals surface area contributed by atoms with Crippen molar-refractivity contribution in [2.75, 3.05) is 12.5 Å². The first-order valence-electron chi connectivity index (χ1n) is 12.7. The first kappa shape index (κ1) is 27.2. The number of carbonyl (C=O) groups is 2. The van der Waals surface area contributed by atoms with E-state index in [-0.39, 0.29) is 34.6 Å². The van der Waals surface area contributed by atoms with Crippen LogP contribution in [0.4, 0.5) is 0 Å². The lowest BCUT2D eigenvalue weighted by molar-refractivity contribution is -0.172. The van der Waals surface area contributed by atoms with Gasteiger partial charge in [-0.2, -0.15) is 0 Å². The van der Waals surface area contributed by atoms with Gasteiger partial charge in [0.15, 0.2) is 0 Å². The number of ether oxygens (including phenoxy) is 2. The Bertz CT molecular complexity index is 692. The van der Waals surface area contributed by atoms with Gasteiger partial charge in [-0.15, -0.1) is 23.5 Å². The Kier molecular flexibility index (Phi) is 9.16. The molecule has 7 heteroatoms. The molecule has 3 rings (SSSR count). The molecule has 0 aromatic heterocycles. The maximum absolute atomic E-state index is 13.2. The lowest BCUT2D eigenvalue weighted by Crippen LogP contribution is -2.52. The molecular weight excluding hydrogens is 456 g/mol. The second-order valence-electron chi connectivity index (χ2n) is 11.2. The summed E-state index contributed by atoms with van der Waals surface area (Å²) < 4.78 is 12.0. The third kappa shape index (κ3) is 6.24. The summed E-state index contributed by atoms with van der Waals surface area (Å²) >= 11 is 3.84. The number of aliphatic hydroxyl groups is 1. The van der Waals surface area contributed by atoms with Crippen molar-refractivity contribution in [1.29, 1.82) is 0 Å². The van der Waals surface area contributed by atoms with E-state index in [0.29, 0.717) is 30.1 Å². The third-order valence-corrected chi connectivity index (χ3v) is 11.9. The summed E-state index contributed by atoms with van der Waals surface area (Å²) in [5, 5.41) is 10.0. The maximum atomic E-state index is 13.2. The Hall–Kier alpha value is -0.400. The average molecular weight is 501 g/mol. The fourth-order valence-electron chi connectivity index (χ4n) is 6.23. The maximum Gasteiger partial charge on any atom is 0.311 e. The molecule has 0 aromatic rings. The number of aliphatic hydroxyl groups excluding tert-OH is 1. The molecule has 2 aliphatic carbocycles. The monoisotopic (exact) mass is 500 g/mol. The molecule has 0 amide bonds. The molecule has 0 bridgehead atoms. The standard InChI is InChI=1S/C26H44O5S2/c1-7-25(3,4)24(29)31-21-15-26(32-5,33-6)14-17-9-8-16(2)20(23(17)21)11-10-19-12-18(27)13-22(28)30-19/h16-21,23,27H,7-15H2,1-6H3/t16-,17-,18+,19-,20-,21-,23-/m0/s1.